The van der Waals surface area contributed by atoms with Gasteiger partial charge >= 0.3 is 35.8 Å². The summed E-state index contributed by atoms with van der Waals surface area (Å²) in [6.45, 7) is 25.0. The molecule has 13 aliphatic rings. The van der Waals surface area contributed by atoms with Gasteiger partial charge in [0.2, 0.25) is 6.10 Å². The zero-order valence-corrected chi connectivity index (χ0v) is 48.7. The highest BCUT2D eigenvalue weighted by atomic mass is 16.9. The fourth-order valence-corrected chi connectivity index (χ4v) is 14.4. The van der Waals surface area contributed by atoms with Crippen molar-refractivity contribution >= 4 is 35.8 Å². The second-order valence-electron chi connectivity index (χ2n) is 28.4. The lowest BCUT2D eigenvalue weighted by atomic mass is 9.50. The fourth-order valence-electron chi connectivity index (χ4n) is 14.4. The van der Waals surface area contributed by atoms with Crippen LogP contribution in [-0.2, 0) is 71.4 Å². The molecule has 9 saturated carbocycles. The third kappa shape index (κ3) is 12.3. The van der Waals surface area contributed by atoms with Crippen LogP contribution in [0, 0.1) is 51.2 Å². The largest absolute Gasteiger partial charge is 0.462 e. The van der Waals surface area contributed by atoms with Crippen molar-refractivity contribution in [2.75, 3.05) is 6.61 Å². The molecule has 8 atom stereocenters. The van der Waals surface area contributed by atoms with Gasteiger partial charge in [-0.3, -0.25) is 24.0 Å². The van der Waals surface area contributed by atoms with Crippen molar-refractivity contribution < 1.29 is 81.6 Å². The molecule has 8 bridgehead atoms. The summed E-state index contributed by atoms with van der Waals surface area (Å²) in [5, 5.41) is 21.3. The van der Waals surface area contributed by atoms with Gasteiger partial charge in [-0.15, -0.1) is 0 Å². The van der Waals surface area contributed by atoms with E-state index < -0.39 is 81.5 Å². The molecule has 0 aromatic heterocycles. The van der Waals surface area contributed by atoms with E-state index in [2.05, 4.69) is 6.92 Å². The molecular formula is C60H94O17. The molecule has 0 radical (unpaired) electrons. The zero-order chi connectivity index (χ0) is 56.5. The van der Waals surface area contributed by atoms with Crippen molar-refractivity contribution in [3.63, 3.8) is 0 Å². The number of aliphatic hydroxyl groups is 2. The van der Waals surface area contributed by atoms with Crippen LogP contribution in [0.3, 0.4) is 0 Å². The smallest absolute Gasteiger partial charge is 0.350 e. The zero-order valence-electron chi connectivity index (χ0n) is 48.7. The minimum atomic E-state index is -1.05. The summed E-state index contributed by atoms with van der Waals surface area (Å²) in [6, 6.07) is 0. The number of esters is 6. The molecule has 13 fully saturated rings. The summed E-state index contributed by atoms with van der Waals surface area (Å²) in [7, 11) is 0. The quantitative estimate of drug-likeness (QED) is 0.137. The molecule has 2 N–H and O–H groups in total. The molecule has 0 aromatic carbocycles. The van der Waals surface area contributed by atoms with Crippen molar-refractivity contribution in [2.45, 2.75) is 283 Å². The van der Waals surface area contributed by atoms with Gasteiger partial charge in [-0.1, -0.05) is 27.7 Å². The van der Waals surface area contributed by atoms with Crippen molar-refractivity contribution in [1.82, 2.24) is 0 Å². The molecular weight excluding hydrogens is 993 g/mol. The summed E-state index contributed by atoms with van der Waals surface area (Å²) in [6.07, 6.45) is 13.5. The highest BCUT2D eigenvalue weighted by molar-refractivity contribution is 5.84. The van der Waals surface area contributed by atoms with Gasteiger partial charge in [0.25, 0.3) is 0 Å². The molecule has 77 heavy (non-hydrogen) atoms. The molecule has 17 heteroatoms. The third-order valence-corrected chi connectivity index (χ3v) is 20.2. The van der Waals surface area contributed by atoms with Crippen LogP contribution in [0.2, 0.25) is 0 Å². The van der Waals surface area contributed by atoms with Gasteiger partial charge in [0.1, 0.15) is 30.0 Å². The summed E-state index contributed by atoms with van der Waals surface area (Å²) in [4.78, 5) is 71.5. The standard InChI is InChI=1S/C22H30O7.C16H26O4.C12H22O2.C10H16O4/c1-4-21(2,3)20(24)27-16-14-15(25-18(16)23)17-19(26-14)29-22(28-17)12-6-10-5-11(8-12)9-13(22)7-10;1-4-13(2,3)12(17)20-16-7-11-5-14(18,9-16)8-15(19,6-11)10-16;1-5-11(2,3)10(13)14-12(4)8-6-7-9-12;1-4-10(2,3)9(12)14-7-5-8(11)13-6-7/h10-17,19H,4-9H2,1-3H3;11,18-19H,4-10H2,1-3H3;5-9H2,1-4H3;7H,4-6H2,1-3H3. The Kier molecular flexibility index (Phi) is 16.7. The highest BCUT2D eigenvalue weighted by Gasteiger charge is 2.71. The lowest BCUT2D eigenvalue weighted by Crippen LogP contribution is -2.67. The number of hydrogen-bond donors (Lipinski definition) is 2. The first kappa shape index (κ1) is 59.7. The minimum absolute atomic E-state index is 0.0376. The van der Waals surface area contributed by atoms with E-state index in [1.807, 2.05) is 69.2 Å². The molecule has 4 heterocycles. The van der Waals surface area contributed by atoms with Crippen LogP contribution in [0.4, 0.5) is 0 Å². The van der Waals surface area contributed by atoms with Gasteiger partial charge in [0.15, 0.2) is 24.3 Å². The van der Waals surface area contributed by atoms with Crippen LogP contribution in [-0.4, -0.2) is 118 Å². The fraction of sp³-hybridized carbons (Fsp3) is 0.900. The maximum atomic E-state index is 12.5. The highest BCUT2D eigenvalue weighted by Crippen LogP contribution is 2.64. The summed E-state index contributed by atoms with van der Waals surface area (Å²) < 4.78 is 51.7. The maximum Gasteiger partial charge on any atom is 0.350 e. The van der Waals surface area contributed by atoms with Gasteiger partial charge in [0, 0.05) is 31.1 Å². The Labute approximate surface area is 457 Å². The molecule has 4 aliphatic heterocycles. The first-order chi connectivity index (χ1) is 35.7. The van der Waals surface area contributed by atoms with Gasteiger partial charge in [0.05, 0.1) is 39.3 Å². The van der Waals surface area contributed by atoms with E-state index in [4.69, 9.17) is 42.6 Å². The summed E-state index contributed by atoms with van der Waals surface area (Å²) in [5.41, 5.74) is -4.48. The number of ether oxygens (including phenoxy) is 9. The predicted octanol–water partition coefficient (Wildman–Crippen LogP) is 9.30. The number of cyclic esters (lactones) is 1. The SMILES string of the molecule is CCC(C)(C)C(=O)OC1(C)CCCC1.CCC(C)(C)C(=O)OC12CC3CC(O)(CC(O)(C3)C1)C2.CCC(C)(C)C(=O)OC1C(=O)OC2C3OC4(OC3OC12)C1CC2CC(C1)CC4C2.CCC(C)(C)C(=O)OC1COC(=O)C1. The topological polar surface area (TPSA) is 226 Å². The molecule has 1 spiro atoms. The van der Waals surface area contributed by atoms with E-state index in [1.165, 1.54) is 19.3 Å². The predicted molar refractivity (Wildman–Crippen MR) is 279 cm³/mol. The summed E-state index contributed by atoms with van der Waals surface area (Å²) >= 11 is 0. The summed E-state index contributed by atoms with van der Waals surface area (Å²) in [5.74, 6) is 0.358. The Balaban J connectivity index is 0.000000144. The molecule has 4 saturated heterocycles. The molecule has 0 aromatic rings. The van der Waals surface area contributed by atoms with E-state index in [1.54, 1.807) is 13.8 Å². The Morgan fingerprint density at radius 1 is 0.597 bits per heavy atom. The number of carbonyl (C=O) groups excluding carboxylic acids is 6. The average molecular weight is 1090 g/mol. The van der Waals surface area contributed by atoms with E-state index in [9.17, 15) is 39.0 Å². The van der Waals surface area contributed by atoms with Crippen LogP contribution < -0.4 is 0 Å². The van der Waals surface area contributed by atoms with Gasteiger partial charge in [-0.2, -0.15) is 0 Å². The molecule has 8 unspecified atom stereocenters. The van der Waals surface area contributed by atoms with Crippen LogP contribution >= 0.6 is 0 Å². The van der Waals surface area contributed by atoms with Crippen LogP contribution in [0.1, 0.15) is 218 Å². The lowest BCUT2D eigenvalue weighted by molar-refractivity contribution is -0.324. The Bertz CT molecular complexity index is 2180. The minimum Gasteiger partial charge on any atom is -0.462 e. The van der Waals surface area contributed by atoms with E-state index >= 15 is 0 Å². The Hall–Kier alpha value is -3.38. The average Bonchev–Trinajstić information content (AvgIpc) is 4.34. The van der Waals surface area contributed by atoms with E-state index in [0.717, 1.165) is 82.5 Å². The Morgan fingerprint density at radius 2 is 1.09 bits per heavy atom. The normalized spacial score (nSPS) is 39.4. The number of rotatable bonds is 12. The first-order valence-electron chi connectivity index (χ1n) is 29.5. The molecule has 0 amide bonds. The molecule has 9 aliphatic carbocycles. The van der Waals surface area contributed by atoms with Crippen molar-refractivity contribution in [1.29, 1.82) is 0 Å². The van der Waals surface area contributed by atoms with Crippen LogP contribution in [0.25, 0.3) is 0 Å². The second kappa shape index (κ2) is 21.5. The third-order valence-electron chi connectivity index (χ3n) is 20.2. The van der Waals surface area contributed by atoms with Crippen molar-refractivity contribution in [3.05, 3.63) is 0 Å². The van der Waals surface area contributed by atoms with Gasteiger partial charge < -0.3 is 52.8 Å². The monoisotopic (exact) mass is 1090 g/mol. The molecule has 436 valence electrons. The lowest BCUT2D eigenvalue weighted by Gasteiger charge is -2.62. The van der Waals surface area contributed by atoms with Crippen LogP contribution in [0.15, 0.2) is 0 Å². The van der Waals surface area contributed by atoms with E-state index in [-0.39, 0.29) is 59.9 Å². The number of hydrogen-bond acceptors (Lipinski definition) is 17. The second-order valence-corrected chi connectivity index (χ2v) is 28.4. The van der Waals surface area contributed by atoms with Crippen molar-refractivity contribution in [2.24, 2.45) is 51.2 Å². The molecule has 13 rings (SSSR count). The number of carbonyl (C=O) groups is 6. The number of fused-ring (bicyclic) bond motifs is 3. The first-order valence-corrected chi connectivity index (χ1v) is 29.5. The van der Waals surface area contributed by atoms with Gasteiger partial charge in [-0.25, -0.2) is 4.79 Å². The van der Waals surface area contributed by atoms with Gasteiger partial charge in [-0.05, 0) is 183 Å². The van der Waals surface area contributed by atoms with Crippen molar-refractivity contribution in [3.8, 4) is 0 Å². The molecule has 17 nitrogen and oxygen atoms in total. The maximum absolute atomic E-state index is 12.5. The van der Waals surface area contributed by atoms with E-state index in [0.29, 0.717) is 43.9 Å². The van der Waals surface area contributed by atoms with Crippen LogP contribution in [0.5, 0.6) is 0 Å². The Morgan fingerprint density at radius 3 is 1.57 bits per heavy atom.